The molecule has 0 bridgehead atoms. The van der Waals surface area contributed by atoms with Gasteiger partial charge in [0.25, 0.3) is 0 Å². The van der Waals surface area contributed by atoms with Gasteiger partial charge in [0, 0.05) is 11.8 Å². The maximum Gasteiger partial charge on any atom is 0.155 e. The molecular formula is C20H26O2. The van der Waals surface area contributed by atoms with Crippen LogP contribution in [0.5, 0.6) is 0 Å². The van der Waals surface area contributed by atoms with Crippen LogP contribution in [0, 0.1) is 41.4 Å². The van der Waals surface area contributed by atoms with E-state index >= 15 is 0 Å². The predicted molar refractivity (Wildman–Crippen MR) is 85.9 cm³/mol. The van der Waals surface area contributed by atoms with Crippen molar-refractivity contribution in [2.75, 3.05) is 0 Å². The molecule has 2 nitrogen and oxygen atoms in total. The van der Waals surface area contributed by atoms with Crippen LogP contribution in [0.3, 0.4) is 0 Å². The van der Waals surface area contributed by atoms with Crippen molar-refractivity contribution < 1.29 is 9.90 Å². The van der Waals surface area contributed by atoms with Crippen LogP contribution in [0.2, 0.25) is 0 Å². The lowest BCUT2D eigenvalue weighted by Crippen LogP contribution is -2.52. The molecule has 0 aromatic carbocycles. The van der Waals surface area contributed by atoms with E-state index in [1.54, 1.807) is 0 Å². The average molecular weight is 298 g/mol. The van der Waals surface area contributed by atoms with Gasteiger partial charge in [-0.3, -0.25) is 4.79 Å². The Morgan fingerprint density at radius 1 is 1.18 bits per heavy atom. The number of allylic oxidation sites excluding steroid dienone is 1. The first-order chi connectivity index (χ1) is 10.5. The van der Waals surface area contributed by atoms with Gasteiger partial charge >= 0.3 is 0 Å². The monoisotopic (exact) mass is 298 g/mol. The van der Waals surface area contributed by atoms with E-state index in [9.17, 15) is 9.90 Å². The van der Waals surface area contributed by atoms with Crippen LogP contribution in [0.25, 0.3) is 0 Å². The number of rotatable bonds is 0. The molecule has 0 saturated heterocycles. The molecule has 0 aromatic rings. The van der Waals surface area contributed by atoms with Crippen molar-refractivity contribution >= 4 is 5.78 Å². The number of hydrogen-bond donors (Lipinski definition) is 1. The Hall–Kier alpha value is -1.07. The van der Waals surface area contributed by atoms with E-state index in [-0.39, 0.29) is 5.41 Å². The number of fused-ring (bicyclic) bond motifs is 5. The van der Waals surface area contributed by atoms with E-state index in [0.717, 1.165) is 44.9 Å². The highest BCUT2D eigenvalue weighted by Gasteiger charge is 2.61. The van der Waals surface area contributed by atoms with Gasteiger partial charge < -0.3 is 5.11 Å². The summed E-state index contributed by atoms with van der Waals surface area (Å²) in [6.07, 6.45) is 15.7. The van der Waals surface area contributed by atoms with Crippen LogP contribution in [0.1, 0.15) is 58.3 Å². The molecule has 3 fully saturated rings. The molecular weight excluding hydrogens is 272 g/mol. The summed E-state index contributed by atoms with van der Waals surface area (Å²) in [7, 11) is 0. The summed E-state index contributed by atoms with van der Waals surface area (Å²) in [4.78, 5) is 11.7. The second-order valence-corrected chi connectivity index (χ2v) is 8.30. The van der Waals surface area contributed by atoms with Crippen LogP contribution in [-0.2, 0) is 4.79 Å². The van der Waals surface area contributed by atoms with Gasteiger partial charge in [-0.25, -0.2) is 0 Å². The zero-order chi connectivity index (χ0) is 15.5. The van der Waals surface area contributed by atoms with E-state index < -0.39 is 5.60 Å². The normalized spacial score (nSPS) is 50.4. The molecule has 6 atom stereocenters. The molecule has 22 heavy (non-hydrogen) atoms. The van der Waals surface area contributed by atoms with Crippen molar-refractivity contribution in [1.82, 2.24) is 0 Å². The van der Waals surface area contributed by atoms with Gasteiger partial charge in [-0.15, -0.1) is 6.42 Å². The zero-order valence-electron chi connectivity index (χ0n) is 13.5. The lowest BCUT2D eigenvalue weighted by molar-refractivity contribution is -0.116. The second-order valence-electron chi connectivity index (χ2n) is 8.30. The number of carbonyl (C=O) groups excluding carboxylic acids is 1. The fraction of sp³-hybridized carbons (Fsp3) is 0.750. The van der Waals surface area contributed by atoms with Gasteiger partial charge in [0.15, 0.2) is 5.78 Å². The Morgan fingerprint density at radius 2 is 2.00 bits per heavy atom. The molecule has 4 aliphatic rings. The number of carbonyl (C=O) groups is 1. The van der Waals surface area contributed by atoms with Gasteiger partial charge in [0.05, 0.1) is 0 Å². The third kappa shape index (κ3) is 1.75. The summed E-state index contributed by atoms with van der Waals surface area (Å²) in [6.45, 7) is 2.23. The molecule has 0 unspecified atom stereocenters. The Bertz CT molecular complexity index is 583. The summed E-state index contributed by atoms with van der Waals surface area (Å²) in [5.74, 6) is 5.66. The highest BCUT2D eigenvalue weighted by molar-refractivity contribution is 5.91. The molecule has 0 heterocycles. The highest BCUT2D eigenvalue weighted by atomic mass is 16.3. The number of hydrogen-bond acceptors (Lipinski definition) is 2. The van der Waals surface area contributed by atoms with Crippen molar-refractivity contribution in [3.63, 3.8) is 0 Å². The molecule has 2 heteroatoms. The molecule has 4 rings (SSSR count). The average Bonchev–Trinajstić information content (AvgIpc) is 2.79. The number of aliphatic hydroxyl groups is 1. The molecule has 0 aliphatic heterocycles. The first-order valence-electron chi connectivity index (χ1n) is 8.92. The quantitative estimate of drug-likeness (QED) is 0.695. The van der Waals surface area contributed by atoms with E-state index in [0.29, 0.717) is 29.5 Å². The third-order valence-electron chi connectivity index (χ3n) is 7.69. The minimum Gasteiger partial charge on any atom is -0.377 e. The van der Waals surface area contributed by atoms with Gasteiger partial charge in [-0.2, -0.15) is 0 Å². The van der Waals surface area contributed by atoms with Gasteiger partial charge in [-0.05, 0) is 74.7 Å². The van der Waals surface area contributed by atoms with Gasteiger partial charge in [0.1, 0.15) is 5.60 Å². The molecule has 0 amide bonds. The summed E-state index contributed by atoms with van der Waals surface area (Å²) in [5.41, 5.74) is 0.418. The van der Waals surface area contributed by atoms with E-state index in [1.165, 1.54) is 12.0 Å². The van der Waals surface area contributed by atoms with Crippen LogP contribution < -0.4 is 0 Å². The van der Waals surface area contributed by atoms with Crippen molar-refractivity contribution in [1.29, 1.82) is 0 Å². The van der Waals surface area contributed by atoms with E-state index in [1.807, 2.05) is 6.08 Å². The first-order valence-corrected chi connectivity index (χ1v) is 8.92. The van der Waals surface area contributed by atoms with Crippen LogP contribution in [0.4, 0.5) is 0 Å². The van der Waals surface area contributed by atoms with Crippen LogP contribution in [-0.4, -0.2) is 16.5 Å². The Labute approximate surface area is 133 Å². The molecule has 4 aliphatic carbocycles. The lowest BCUT2D eigenvalue weighted by Gasteiger charge is -2.54. The fourth-order valence-corrected chi connectivity index (χ4v) is 6.43. The summed E-state index contributed by atoms with van der Waals surface area (Å²) in [6, 6.07) is 0. The minimum absolute atomic E-state index is 0.103. The maximum absolute atomic E-state index is 11.7. The predicted octanol–water partition coefficient (Wildman–Crippen LogP) is 3.49. The highest BCUT2D eigenvalue weighted by Crippen LogP contribution is 2.64. The maximum atomic E-state index is 11.7. The molecule has 1 N–H and O–H groups in total. The largest absolute Gasteiger partial charge is 0.377 e. The summed E-state index contributed by atoms with van der Waals surface area (Å²) >= 11 is 0. The molecule has 0 aromatic heterocycles. The standard InChI is InChI=1S/C20H26O2/c1-3-20(22)11-9-18-17-6-4-13-12-14(21)5-7-15(13)16(17)8-10-19(18,20)2/h1,12,15-18,22H,4-11H2,2H3/t15-,16+,17-,18-,19+,20+/m1/s1. The SMILES string of the molecule is C#C[C@]1(O)CC[C@@H]2[C@@H]3CCC4=CC(=O)CC[C@H]4[C@@H]3CC[C@@]21C. The Balaban J connectivity index is 1.65. The topological polar surface area (TPSA) is 37.3 Å². The van der Waals surface area contributed by atoms with Crippen LogP contribution in [0.15, 0.2) is 11.6 Å². The molecule has 3 saturated carbocycles. The first kappa shape index (κ1) is 14.5. The van der Waals surface area contributed by atoms with Crippen molar-refractivity contribution in [2.24, 2.45) is 29.1 Å². The lowest BCUT2D eigenvalue weighted by atomic mass is 9.50. The number of ketones is 1. The molecule has 118 valence electrons. The third-order valence-corrected chi connectivity index (χ3v) is 7.69. The van der Waals surface area contributed by atoms with Crippen molar-refractivity contribution in [3.05, 3.63) is 11.6 Å². The van der Waals surface area contributed by atoms with Gasteiger partial charge in [-0.1, -0.05) is 18.4 Å². The second kappa shape index (κ2) is 4.71. The zero-order valence-corrected chi connectivity index (χ0v) is 13.5. The minimum atomic E-state index is -0.902. The number of terminal acetylenes is 1. The van der Waals surface area contributed by atoms with E-state index in [4.69, 9.17) is 6.42 Å². The smallest absolute Gasteiger partial charge is 0.155 e. The van der Waals surface area contributed by atoms with Crippen molar-refractivity contribution in [2.45, 2.75) is 63.9 Å². The summed E-state index contributed by atoms with van der Waals surface area (Å²) in [5, 5.41) is 10.9. The Kier molecular flexibility index (Phi) is 3.11. The molecule has 0 radical (unpaired) electrons. The van der Waals surface area contributed by atoms with E-state index in [2.05, 4.69) is 12.8 Å². The fourth-order valence-electron chi connectivity index (χ4n) is 6.43. The summed E-state index contributed by atoms with van der Waals surface area (Å²) < 4.78 is 0. The molecule has 0 spiro atoms. The van der Waals surface area contributed by atoms with Crippen molar-refractivity contribution in [3.8, 4) is 12.3 Å². The van der Waals surface area contributed by atoms with Crippen LogP contribution >= 0.6 is 0 Å². The van der Waals surface area contributed by atoms with Gasteiger partial charge in [0.2, 0.25) is 0 Å². The Morgan fingerprint density at radius 3 is 2.77 bits per heavy atom.